The molecule has 0 unspecified atom stereocenters. The number of fused-ring (bicyclic) bond motifs is 16. The van der Waals surface area contributed by atoms with Crippen LogP contribution in [0.4, 0.5) is 0 Å². The monoisotopic (exact) mass is 1510 g/mol. The first-order valence-electron chi connectivity index (χ1n) is 37.2. The van der Waals surface area contributed by atoms with Crippen LogP contribution >= 0.6 is 22.7 Å². The van der Waals surface area contributed by atoms with Gasteiger partial charge >= 0.3 is 0 Å². The fourth-order valence-electron chi connectivity index (χ4n) is 15.0. The Bertz CT molecular complexity index is 3800. The Balaban J connectivity index is 0.000000296. The summed E-state index contributed by atoms with van der Waals surface area (Å²) in [6.45, 7) is 40.9. The number of hydrogen-bond acceptors (Lipinski definition) is 4. The summed E-state index contributed by atoms with van der Waals surface area (Å²) in [5, 5.41) is 0. The largest absolute Gasteiger partial charge is 0.464 e. The van der Waals surface area contributed by atoms with E-state index < -0.39 is 16.2 Å². The smallest absolute Gasteiger partial charge is 0.128 e. The van der Waals surface area contributed by atoms with Crippen LogP contribution in [0, 0.1) is 24.3 Å². The van der Waals surface area contributed by atoms with Crippen LogP contribution in [0.2, 0.25) is 0 Å². The van der Waals surface area contributed by atoms with Gasteiger partial charge in [0, 0.05) is 114 Å². The van der Waals surface area contributed by atoms with Crippen LogP contribution in [-0.2, 0) is 126 Å². The number of rotatable bonds is 8. The van der Waals surface area contributed by atoms with Crippen LogP contribution in [0.1, 0.15) is 270 Å². The molecular formula is C94H108O2S2Y2-4. The molecule has 0 N–H and O–H groups in total. The summed E-state index contributed by atoms with van der Waals surface area (Å²) in [6.07, 6.45) is 5.47. The quantitative estimate of drug-likeness (QED) is 0.142. The fraction of sp³-hybridized carbons (Fsp3) is 0.319. The molecule has 4 aliphatic carbocycles. The average Bonchev–Trinajstić information content (AvgIpc) is 1.37. The third-order valence-electron chi connectivity index (χ3n) is 18.4. The van der Waals surface area contributed by atoms with E-state index in [2.05, 4.69) is 246 Å². The van der Waals surface area contributed by atoms with Crippen molar-refractivity contribution in [1.29, 1.82) is 0 Å². The molecule has 4 aliphatic rings. The van der Waals surface area contributed by atoms with Crippen molar-refractivity contribution in [2.45, 2.75) is 199 Å². The molecule has 0 aliphatic heterocycles. The molecule has 16 rings (SSSR count). The fourth-order valence-corrected chi connectivity index (χ4v) is 17.8. The van der Waals surface area contributed by atoms with Gasteiger partial charge < -0.3 is 8.83 Å². The van der Waals surface area contributed by atoms with Crippen LogP contribution in [0.5, 0.6) is 0 Å². The third kappa shape index (κ3) is 14.4. The molecule has 100 heavy (non-hydrogen) atoms. The Hall–Kier alpha value is -6.07. The average molecular weight is 1510 g/mol. The standard InChI is InChI=1S/C39H30O2.C39H30S2.8C2H6.2Y/c2*1-3-30-24-34-37(41-30)39(32-21-13-11-15-26(32)23-27-16-12-14-22-33(27)39)35-25-31(4-2)40-36(35)38(34,28-17-7-5-8-18-28)29-19-9-6-10-20-29;8*1-2;;/h2*5-17,19,21-22,24-25H,3-4,23H2,1-2H3;8*1-2H3;;/q2*-2;;;;;;;;;;. The van der Waals surface area contributed by atoms with E-state index in [1.54, 1.807) is 0 Å². The molecule has 0 atom stereocenters. The molecule has 518 valence electrons. The van der Waals surface area contributed by atoms with Gasteiger partial charge in [0.05, 0.1) is 10.8 Å². The summed E-state index contributed by atoms with van der Waals surface area (Å²) in [5.74, 6) is 3.83. The molecule has 0 amide bonds. The Labute approximate surface area is 663 Å². The van der Waals surface area contributed by atoms with Gasteiger partial charge in [0.15, 0.2) is 0 Å². The van der Waals surface area contributed by atoms with Gasteiger partial charge in [-0.1, -0.05) is 236 Å². The molecular weight excluding hydrogens is 1400 g/mol. The number of thiophene rings is 2. The summed E-state index contributed by atoms with van der Waals surface area (Å²) < 4.78 is 14.1. The van der Waals surface area contributed by atoms with E-state index in [1.165, 1.54) is 86.3 Å². The molecule has 2 nitrogen and oxygen atoms in total. The summed E-state index contributed by atoms with van der Waals surface area (Å²) in [4.78, 5) is 5.73. The van der Waals surface area contributed by atoms with Crippen LogP contribution in [0.25, 0.3) is 0 Å². The molecule has 4 aromatic heterocycles. The van der Waals surface area contributed by atoms with Crippen molar-refractivity contribution in [1.82, 2.24) is 0 Å². The molecule has 2 spiro atoms. The van der Waals surface area contributed by atoms with Gasteiger partial charge in [-0.25, -0.2) is 0 Å². The molecule has 2 radical (unpaired) electrons. The summed E-state index contributed by atoms with van der Waals surface area (Å²) in [5.41, 5.74) is 18.2. The number of benzene rings is 8. The van der Waals surface area contributed by atoms with E-state index in [9.17, 15) is 0 Å². The molecule has 0 bridgehead atoms. The Morgan fingerprint density at radius 1 is 0.290 bits per heavy atom. The van der Waals surface area contributed by atoms with Gasteiger partial charge in [-0.2, -0.15) is 121 Å². The predicted octanol–water partition coefficient (Wildman–Crippen LogP) is 26.3. The summed E-state index contributed by atoms with van der Waals surface area (Å²) in [7, 11) is 0. The van der Waals surface area contributed by atoms with Gasteiger partial charge in [-0.05, 0) is 106 Å². The van der Waals surface area contributed by atoms with Crippen molar-refractivity contribution in [2.75, 3.05) is 0 Å². The van der Waals surface area contributed by atoms with Gasteiger partial charge in [-0.3, -0.25) is 0 Å². The van der Waals surface area contributed by atoms with Gasteiger partial charge in [-0.15, -0.1) is 44.9 Å². The van der Waals surface area contributed by atoms with Crippen molar-refractivity contribution in [3.8, 4) is 0 Å². The summed E-state index contributed by atoms with van der Waals surface area (Å²) >= 11 is 4.01. The predicted molar refractivity (Wildman–Crippen MR) is 423 cm³/mol. The Morgan fingerprint density at radius 2 is 0.560 bits per heavy atom. The van der Waals surface area contributed by atoms with Crippen molar-refractivity contribution in [2.24, 2.45) is 0 Å². The van der Waals surface area contributed by atoms with E-state index in [1.807, 2.05) is 158 Å². The van der Waals surface area contributed by atoms with Crippen LogP contribution in [-0.4, -0.2) is 0 Å². The van der Waals surface area contributed by atoms with E-state index in [0.717, 1.165) is 83.8 Å². The second-order valence-electron chi connectivity index (χ2n) is 22.3. The molecule has 8 aromatic carbocycles. The minimum absolute atomic E-state index is 0. The first-order valence-corrected chi connectivity index (χ1v) is 38.9. The van der Waals surface area contributed by atoms with E-state index in [0.29, 0.717) is 0 Å². The second-order valence-corrected chi connectivity index (χ2v) is 24.6. The van der Waals surface area contributed by atoms with Crippen molar-refractivity contribution < 1.29 is 74.3 Å². The van der Waals surface area contributed by atoms with Crippen LogP contribution < -0.4 is 0 Å². The maximum atomic E-state index is 7.09. The molecule has 0 saturated carbocycles. The molecule has 4 heterocycles. The number of hydrogen-bond donors (Lipinski definition) is 0. The normalized spacial score (nSPS) is 13.2. The van der Waals surface area contributed by atoms with Gasteiger partial charge in [0.25, 0.3) is 0 Å². The Kier molecular flexibility index (Phi) is 33.9. The van der Waals surface area contributed by atoms with E-state index >= 15 is 0 Å². The van der Waals surface area contributed by atoms with Crippen molar-refractivity contribution >= 4 is 22.7 Å². The zero-order valence-corrected chi connectivity index (χ0v) is 71.1. The minimum Gasteiger partial charge on any atom is -0.464 e. The molecule has 6 heteroatoms. The van der Waals surface area contributed by atoms with E-state index in [4.69, 9.17) is 8.83 Å². The van der Waals surface area contributed by atoms with Crippen molar-refractivity contribution in [3.63, 3.8) is 0 Å². The number of furan rings is 2. The molecule has 0 saturated heterocycles. The van der Waals surface area contributed by atoms with Crippen LogP contribution in [0.3, 0.4) is 0 Å². The maximum absolute atomic E-state index is 7.09. The van der Waals surface area contributed by atoms with Gasteiger partial charge in [0.1, 0.15) is 28.5 Å². The topological polar surface area (TPSA) is 26.3 Å². The SMILES string of the molecule is CC.CC.CC.CC.CC.CC.CC.CC.CCc1cc2c(o1)C(c1[c-]cccc1)(c1[c-]cccc1)c1cc(CC)oc1C21c2ccccc2Cc2ccccc21.CCc1cc2c(s1)C(c1[c-]cccc1)(c1[c-]cccc1)c1cc(CC)sc1C21c2ccccc2Cc2ccccc21.[Y].[Y]. The summed E-state index contributed by atoms with van der Waals surface area (Å²) in [6, 6.07) is 94.4. The first kappa shape index (κ1) is 84.6. The minimum atomic E-state index is -0.774. The zero-order chi connectivity index (χ0) is 71.2. The number of aryl methyl sites for hydroxylation is 4. The first-order chi connectivity index (χ1) is 48.4. The Morgan fingerprint density at radius 3 is 0.870 bits per heavy atom. The van der Waals surface area contributed by atoms with Crippen LogP contribution in [0.15, 0.2) is 227 Å². The van der Waals surface area contributed by atoms with E-state index in [-0.39, 0.29) is 70.8 Å². The zero-order valence-electron chi connectivity index (χ0n) is 63.8. The molecule has 12 aromatic rings. The third-order valence-corrected chi connectivity index (χ3v) is 21.2. The second kappa shape index (κ2) is 40.1. The van der Waals surface area contributed by atoms with Gasteiger partial charge in [0.2, 0.25) is 0 Å². The maximum Gasteiger partial charge on any atom is 0.128 e. The molecule has 0 fully saturated rings. The van der Waals surface area contributed by atoms with Crippen molar-refractivity contribution in [3.05, 3.63) is 374 Å².